The van der Waals surface area contributed by atoms with Gasteiger partial charge in [-0.15, -0.1) is 0 Å². The molecule has 2 atom stereocenters. The molecule has 1 fully saturated rings. The van der Waals surface area contributed by atoms with Crippen LogP contribution in [0.5, 0.6) is 0 Å². The van der Waals surface area contributed by atoms with Crippen molar-refractivity contribution in [1.29, 1.82) is 0 Å². The third kappa shape index (κ3) is 2.57. The predicted molar refractivity (Wildman–Crippen MR) is 46.3 cm³/mol. The summed E-state index contributed by atoms with van der Waals surface area (Å²) >= 11 is 0. The number of esters is 1. The van der Waals surface area contributed by atoms with Crippen molar-refractivity contribution in [2.24, 2.45) is 0 Å². The lowest BCUT2D eigenvalue weighted by molar-refractivity contribution is -0.145. The molecule has 0 aromatic rings. The summed E-state index contributed by atoms with van der Waals surface area (Å²) in [6.45, 7) is 2.78. The van der Waals surface area contributed by atoms with Crippen LogP contribution < -0.4 is 5.32 Å². The molecule has 1 heterocycles. The molecule has 0 aromatic heterocycles. The Morgan fingerprint density at radius 1 is 1.75 bits per heavy atom. The zero-order chi connectivity index (χ0) is 8.97. The van der Waals surface area contributed by atoms with Gasteiger partial charge in [-0.1, -0.05) is 0 Å². The average Bonchev–Trinajstić information content (AvgIpc) is 2.05. The first kappa shape index (κ1) is 9.67. The lowest BCUT2D eigenvalue weighted by Gasteiger charge is -2.20. The Morgan fingerprint density at radius 3 is 3.08 bits per heavy atom. The Balaban J connectivity index is 2.40. The number of hydrogen-bond donors (Lipinski definition) is 1. The molecule has 70 valence electrons. The molecule has 4 nitrogen and oxygen atoms in total. The third-order valence-corrected chi connectivity index (χ3v) is 3.01. The number of ether oxygens (including phenoxy) is 1. The van der Waals surface area contributed by atoms with E-state index in [-0.39, 0.29) is 12.0 Å². The van der Waals surface area contributed by atoms with Gasteiger partial charge in [-0.05, 0) is 6.92 Å². The van der Waals surface area contributed by atoms with Crippen LogP contribution in [0.4, 0.5) is 0 Å². The van der Waals surface area contributed by atoms with E-state index in [0.29, 0.717) is 24.7 Å². The quantitative estimate of drug-likeness (QED) is 0.585. The monoisotopic (exact) mass is 191 g/mol. The van der Waals surface area contributed by atoms with Crippen molar-refractivity contribution < 1.29 is 13.7 Å². The summed E-state index contributed by atoms with van der Waals surface area (Å²) in [7, 11) is -0.858. The minimum absolute atomic E-state index is 0.287. The number of nitrogens with one attached hydrogen (secondary N) is 1. The highest BCUT2D eigenvalue weighted by Gasteiger charge is 2.25. The molecular weight excluding hydrogens is 178 g/mol. The summed E-state index contributed by atoms with van der Waals surface area (Å²) in [6, 6.07) is -0.362. The highest BCUT2D eigenvalue weighted by atomic mass is 32.2. The minimum Gasteiger partial charge on any atom is -0.465 e. The van der Waals surface area contributed by atoms with Crippen molar-refractivity contribution in [3.63, 3.8) is 0 Å². The lowest BCUT2D eigenvalue weighted by Crippen LogP contribution is -2.48. The summed E-state index contributed by atoms with van der Waals surface area (Å²) in [6.07, 6.45) is 0. The first-order valence-corrected chi connectivity index (χ1v) is 5.48. The van der Waals surface area contributed by atoms with Gasteiger partial charge in [0, 0.05) is 28.9 Å². The summed E-state index contributed by atoms with van der Waals surface area (Å²) in [5, 5.41) is 2.97. The minimum atomic E-state index is -0.858. The molecule has 1 saturated heterocycles. The maximum atomic E-state index is 11.1. The van der Waals surface area contributed by atoms with Crippen LogP contribution in [0.2, 0.25) is 0 Å². The largest absolute Gasteiger partial charge is 0.465 e. The van der Waals surface area contributed by atoms with E-state index in [1.165, 1.54) is 0 Å². The van der Waals surface area contributed by atoms with Gasteiger partial charge < -0.3 is 10.1 Å². The molecule has 5 heteroatoms. The average molecular weight is 191 g/mol. The summed E-state index contributed by atoms with van der Waals surface area (Å²) in [4.78, 5) is 11.1. The second kappa shape index (κ2) is 4.57. The summed E-state index contributed by atoms with van der Waals surface area (Å²) < 4.78 is 15.8. The molecule has 0 spiro atoms. The van der Waals surface area contributed by atoms with Gasteiger partial charge in [-0.3, -0.25) is 9.00 Å². The molecule has 0 radical (unpaired) electrons. The van der Waals surface area contributed by atoms with Gasteiger partial charge in [0.15, 0.2) is 0 Å². The van der Waals surface area contributed by atoms with Crippen LogP contribution in [-0.4, -0.2) is 40.9 Å². The van der Waals surface area contributed by atoms with E-state index in [2.05, 4.69) is 5.32 Å². The SMILES string of the molecule is CCOC(=O)C1CS(=O)CCN1. The Labute approximate surface area is 74.1 Å². The van der Waals surface area contributed by atoms with E-state index >= 15 is 0 Å². The van der Waals surface area contributed by atoms with E-state index < -0.39 is 10.8 Å². The molecule has 1 N–H and O–H groups in total. The van der Waals surface area contributed by atoms with Crippen molar-refractivity contribution in [1.82, 2.24) is 5.32 Å². The van der Waals surface area contributed by atoms with E-state index in [4.69, 9.17) is 4.74 Å². The Morgan fingerprint density at radius 2 is 2.50 bits per heavy atom. The number of carbonyl (C=O) groups is 1. The van der Waals surface area contributed by atoms with Crippen LogP contribution in [0.15, 0.2) is 0 Å². The standard InChI is InChI=1S/C7H13NO3S/c1-2-11-7(9)6-5-12(10)4-3-8-6/h6,8H,2-5H2,1H3. The van der Waals surface area contributed by atoms with Gasteiger partial charge in [0.1, 0.15) is 6.04 Å². The molecule has 0 aliphatic carbocycles. The maximum absolute atomic E-state index is 11.1. The topological polar surface area (TPSA) is 55.4 Å². The fourth-order valence-electron chi connectivity index (χ4n) is 1.07. The van der Waals surface area contributed by atoms with Gasteiger partial charge in [-0.2, -0.15) is 0 Å². The lowest BCUT2D eigenvalue weighted by atomic mass is 10.3. The first-order valence-electron chi connectivity index (χ1n) is 3.99. The summed E-state index contributed by atoms with van der Waals surface area (Å²) in [5.74, 6) is 0.736. The molecule has 0 aromatic carbocycles. The van der Waals surface area contributed by atoms with E-state index in [1.54, 1.807) is 6.92 Å². The van der Waals surface area contributed by atoms with E-state index in [0.717, 1.165) is 0 Å². The van der Waals surface area contributed by atoms with Crippen LogP contribution in [0.1, 0.15) is 6.92 Å². The zero-order valence-electron chi connectivity index (χ0n) is 7.04. The van der Waals surface area contributed by atoms with E-state index in [9.17, 15) is 9.00 Å². The van der Waals surface area contributed by atoms with Gasteiger partial charge in [0.05, 0.1) is 6.61 Å². The number of hydrogen-bond acceptors (Lipinski definition) is 4. The van der Waals surface area contributed by atoms with Gasteiger partial charge in [0.2, 0.25) is 0 Å². The molecular formula is C7H13NO3S. The van der Waals surface area contributed by atoms with Crippen molar-refractivity contribution in [3.05, 3.63) is 0 Å². The van der Waals surface area contributed by atoms with Gasteiger partial charge in [0.25, 0.3) is 0 Å². The fourth-order valence-corrected chi connectivity index (χ4v) is 2.21. The third-order valence-electron chi connectivity index (χ3n) is 1.64. The molecule has 0 saturated carbocycles. The molecule has 12 heavy (non-hydrogen) atoms. The first-order chi connectivity index (χ1) is 5.74. The number of carbonyl (C=O) groups excluding carboxylic acids is 1. The van der Waals surface area contributed by atoms with E-state index in [1.807, 2.05) is 0 Å². The van der Waals surface area contributed by atoms with Crippen LogP contribution in [0, 0.1) is 0 Å². The molecule has 1 aliphatic rings. The zero-order valence-corrected chi connectivity index (χ0v) is 7.86. The maximum Gasteiger partial charge on any atom is 0.324 e. The van der Waals surface area contributed by atoms with Crippen LogP contribution in [0.25, 0.3) is 0 Å². The molecule has 1 rings (SSSR count). The fraction of sp³-hybridized carbons (Fsp3) is 0.857. The second-order valence-electron chi connectivity index (χ2n) is 2.57. The van der Waals surface area contributed by atoms with Crippen molar-refractivity contribution in [2.75, 3.05) is 24.7 Å². The second-order valence-corrected chi connectivity index (χ2v) is 4.19. The number of rotatable bonds is 2. The van der Waals surface area contributed by atoms with Crippen molar-refractivity contribution in [2.45, 2.75) is 13.0 Å². The highest BCUT2D eigenvalue weighted by Crippen LogP contribution is 1.98. The van der Waals surface area contributed by atoms with Crippen molar-refractivity contribution in [3.8, 4) is 0 Å². The molecule has 1 aliphatic heterocycles. The Kier molecular flexibility index (Phi) is 3.68. The molecule has 0 bridgehead atoms. The van der Waals surface area contributed by atoms with Gasteiger partial charge in [-0.25, -0.2) is 0 Å². The van der Waals surface area contributed by atoms with Crippen LogP contribution in [0.3, 0.4) is 0 Å². The normalized spacial score (nSPS) is 29.8. The van der Waals surface area contributed by atoms with Crippen LogP contribution in [-0.2, 0) is 20.3 Å². The molecule has 2 unspecified atom stereocenters. The highest BCUT2D eigenvalue weighted by molar-refractivity contribution is 7.85. The summed E-state index contributed by atoms with van der Waals surface area (Å²) in [5.41, 5.74) is 0. The molecule has 0 amide bonds. The Bertz CT molecular complexity index is 195. The van der Waals surface area contributed by atoms with Gasteiger partial charge >= 0.3 is 5.97 Å². The smallest absolute Gasteiger partial charge is 0.324 e. The van der Waals surface area contributed by atoms with Crippen molar-refractivity contribution >= 4 is 16.8 Å². The predicted octanol–water partition coefficient (Wildman–Crippen LogP) is -0.730. The van der Waals surface area contributed by atoms with Crippen LogP contribution >= 0.6 is 0 Å². The Hall–Kier alpha value is -0.420.